The molecule has 0 aromatic heterocycles. The molecule has 1 rings (SSSR count). The van der Waals surface area contributed by atoms with Gasteiger partial charge in [-0.3, -0.25) is 0 Å². The van der Waals surface area contributed by atoms with E-state index in [-0.39, 0.29) is 0 Å². The Kier molecular flexibility index (Phi) is 3.08. The minimum atomic E-state index is 0.815. The molecule has 1 aromatic carbocycles. The van der Waals surface area contributed by atoms with Gasteiger partial charge in [-0.2, -0.15) is 0 Å². The van der Waals surface area contributed by atoms with Gasteiger partial charge in [-0.05, 0) is 24.5 Å². The number of hydrogen-bond donors (Lipinski definition) is 0. The van der Waals surface area contributed by atoms with Crippen LogP contribution >= 0.6 is 39.3 Å². The number of benzene rings is 1. The Morgan fingerprint density at radius 3 is 2.70 bits per heavy atom. The van der Waals surface area contributed by atoms with Gasteiger partial charge >= 0.3 is 0 Å². The van der Waals surface area contributed by atoms with Crippen LogP contribution in [0.3, 0.4) is 0 Å². The van der Waals surface area contributed by atoms with E-state index in [1.54, 1.807) is 11.8 Å². The van der Waals surface area contributed by atoms with E-state index in [0.717, 1.165) is 14.4 Å². The van der Waals surface area contributed by atoms with Gasteiger partial charge in [0.05, 0.1) is 5.02 Å². The van der Waals surface area contributed by atoms with Crippen LogP contribution in [0.25, 0.3) is 0 Å². The molecule has 10 heavy (non-hydrogen) atoms. The third-order valence-electron chi connectivity index (χ3n) is 1.11. The zero-order valence-corrected chi connectivity index (χ0v) is 8.55. The van der Waals surface area contributed by atoms with Crippen molar-refractivity contribution < 1.29 is 0 Å². The molecule has 0 heterocycles. The van der Waals surface area contributed by atoms with Crippen molar-refractivity contribution in [1.82, 2.24) is 0 Å². The molecule has 3 heteroatoms. The summed E-state index contributed by atoms with van der Waals surface area (Å²) in [7, 11) is 0. The summed E-state index contributed by atoms with van der Waals surface area (Å²) in [5.41, 5.74) is 0. The van der Waals surface area contributed by atoms with Crippen LogP contribution in [0.1, 0.15) is 0 Å². The van der Waals surface area contributed by atoms with Crippen LogP contribution in [0.5, 0.6) is 0 Å². The number of rotatable bonds is 1. The quantitative estimate of drug-likeness (QED) is 0.669. The minimum Gasteiger partial charge on any atom is -0.128 e. The van der Waals surface area contributed by atoms with E-state index >= 15 is 0 Å². The molecular formula is C7H6BrClS. The number of hydrogen-bond acceptors (Lipinski definition) is 1. The molecule has 0 saturated heterocycles. The van der Waals surface area contributed by atoms with Crippen LogP contribution < -0.4 is 0 Å². The first-order valence-electron chi connectivity index (χ1n) is 2.73. The second-order valence-electron chi connectivity index (χ2n) is 1.78. The fraction of sp³-hybridized carbons (Fsp3) is 0.143. The molecular weight excluding hydrogens is 232 g/mol. The second-order valence-corrected chi connectivity index (χ2v) is 3.95. The minimum absolute atomic E-state index is 0.815. The Bertz CT molecular complexity index is 237. The van der Waals surface area contributed by atoms with E-state index in [4.69, 9.17) is 11.6 Å². The monoisotopic (exact) mass is 236 g/mol. The first kappa shape index (κ1) is 8.44. The van der Waals surface area contributed by atoms with E-state index in [9.17, 15) is 0 Å². The normalized spacial score (nSPS) is 9.90. The van der Waals surface area contributed by atoms with E-state index < -0.39 is 0 Å². The third kappa shape index (κ3) is 1.91. The van der Waals surface area contributed by atoms with Gasteiger partial charge in [-0.25, -0.2) is 0 Å². The first-order valence-corrected chi connectivity index (χ1v) is 5.12. The molecule has 0 spiro atoms. The van der Waals surface area contributed by atoms with Crippen molar-refractivity contribution in [1.29, 1.82) is 0 Å². The molecule has 0 fully saturated rings. The standard InChI is InChI=1S/C7H6BrClS/c1-10-7-4-5(8)2-3-6(7)9/h2-4H,1H3. The van der Waals surface area contributed by atoms with Gasteiger partial charge in [0.25, 0.3) is 0 Å². The van der Waals surface area contributed by atoms with Gasteiger partial charge in [0.2, 0.25) is 0 Å². The third-order valence-corrected chi connectivity index (χ3v) is 2.83. The van der Waals surface area contributed by atoms with E-state index in [0.29, 0.717) is 0 Å². The largest absolute Gasteiger partial charge is 0.128 e. The van der Waals surface area contributed by atoms with Crippen molar-refractivity contribution in [3.63, 3.8) is 0 Å². The lowest BCUT2D eigenvalue weighted by atomic mass is 10.4. The zero-order chi connectivity index (χ0) is 7.56. The summed E-state index contributed by atoms with van der Waals surface area (Å²) in [6, 6.07) is 5.83. The van der Waals surface area contributed by atoms with Gasteiger partial charge in [0.1, 0.15) is 0 Å². The van der Waals surface area contributed by atoms with Crippen molar-refractivity contribution in [2.75, 3.05) is 6.26 Å². The molecule has 0 nitrogen and oxygen atoms in total. The van der Waals surface area contributed by atoms with E-state index in [2.05, 4.69) is 15.9 Å². The number of halogens is 2. The summed E-state index contributed by atoms with van der Waals surface area (Å²) in [6.07, 6.45) is 2.01. The molecule has 0 radical (unpaired) electrons. The average molecular weight is 238 g/mol. The van der Waals surface area contributed by atoms with Crippen molar-refractivity contribution in [3.05, 3.63) is 27.7 Å². The smallest absolute Gasteiger partial charge is 0.0542 e. The lowest BCUT2D eigenvalue weighted by Crippen LogP contribution is -1.71. The van der Waals surface area contributed by atoms with Gasteiger partial charge < -0.3 is 0 Å². The lowest BCUT2D eigenvalue weighted by molar-refractivity contribution is 1.44. The fourth-order valence-corrected chi connectivity index (χ4v) is 2.00. The highest BCUT2D eigenvalue weighted by atomic mass is 79.9. The Balaban J connectivity index is 3.09. The van der Waals surface area contributed by atoms with Gasteiger partial charge in [0.15, 0.2) is 0 Å². The van der Waals surface area contributed by atoms with Crippen molar-refractivity contribution in [2.24, 2.45) is 0 Å². The van der Waals surface area contributed by atoms with Crippen LogP contribution in [-0.4, -0.2) is 6.26 Å². The van der Waals surface area contributed by atoms with Gasteiger partial charge in [-0.15, -0.1) is 11.8 Å². The summed E-state index contributed by atoms with van der Waals surface area (Å²) in [4.78, 5) is 1.11. The van der Waals surface area contributed by atoms with Crippen molar-refractivity contribution >= 4 is 39.3 Å². The summed E-state index contributed by atoms with van der Waals surface area (Å²) in [6.45, 7) is 0. The predicted octanol–water partition coefficient (Wildman–Crippen LogP) is 3.82. The molecule has 0 aliphatic rings. The molecule has 54 valence electrons. The summed E-state index contributed by atoms with van der Waals surface area (Å²) >= 11 is 10.9. The average Bonchev–Trinajstić information content (AvgIpc) is 1.94. The Labute approximate surface area is 78.1 Å². The Morgan fingerprint density at radius 1 is 1.50 bits per heavy atom. The maximum absolute atomic E-state index is 5.85. The topological polar surface area (TPSA) is 0 Å². The highest BCUT2D eigenvalue weighted by Gasteiger charge is 1.97. The van der Waals surface area contributed by atoms with Crippen LogP contribution in [-0.2, 0) is 0 Å². The summed E-state index contributed by atoms with van der Waals surface area (Å²) in [5.74, 6) is 0. The van der Waals surface area contributed by atoms with Crippen molar-refractivity contribution in [2.45, 2.75) is 4.90 Å². The van der Waals surface area contributed by atoms with Crippen LogP contribution in [0.15, 0.2) is 27.6 Å². The van der Waals surface area contributed by atoms with Crippen LogP contribution in [0.4, 0.5) is 0 Å². The molecule has 0 aliphatic carbocycles. The Morgan fingerprint density at radius 2 is 2.20 bits per heavy atom. The molecule has 0 amide bonds. The van der Waals surface area contributed by atoms with Crippen molar-refractivity contribution in [3.8, 4) is 0 Å². The Hall–Kier alpha value is 0.340. The molecule has 0 atom stereocenters. The maximum atomic E-state index is 5.85. The maximum Gasteiger partial charge on any atom is 0.0542 e. The first-order chi connectivity index (χ1) is 4.74. The molecule has 1 aromatic rings. The van der Waals surface area contributed by atoms with E-state index in [1.165, 1.54) is 0 Å². The zero-order valence-electron chi connectivity index (χ0n) is 5.40. The molecule has 0 unspecified atom stereocenters. The lowest BCUT2D eigenvalue weighted by Gasteiger charge is -1.98. The molecule has 0 bridgehead atoms. The van der Waals surface area contributed by atoms with Crippen LogP contribution in [0.2, 0.25) is 5.02 Å². The molecule has 0 N–H and O–H groups in total. The predicted molar refractivity (Wildman–Crippen MR) is 50.9 cm³/mol. The molecule has 0 aliphatic heterocycles. The highest BCUT2D eigenvalue weighted by Crippen LogP contribution is 2.27. The second kappa shape index (κ2) is 3.65. The summed E-state index contributed by atoms with van der Waals surface area (Å²) < 4.78 is 1.07. The SMILES string of the molecule is CSc1cc(Br)ccc1Cl. The highest BCUT2D eigenvalue weighted by molar-refractivity contribution is 9.10. The fourth-order valence-electron chi connectivity index (χ4n) is 0.634. The van der Waals surface area contributed by atoms with Gasteiger partial charge in [0, 0.05) is 9.37 Å². The van der Waals surface area contributed by atoms with E-state index in [1.807, 2.05) is 24.5 Å². The summed E-state index contributed by atoms with van der Waals surface area (Å²) in [5, 5.41) is 0.815. The van der Waals surface area contributed by atoms with Gasteiger partial charge in [-0.1, -0.05) is 27.5 Å². The molecule has 0 saturated carbocycles. The van der Waals surface area contributed by atoms with Crippen LogP contribution in [0, 0.1) is 0 Å². The number of thioether (sulfide) groups is 1.